The van der Waals surface area contributed by atoms with Crippen LogP contribution in [0.1, 0.15) is 32.5 Å². The lowest BCUT2D eigenvalue weighted by Gasteiger charge is -2.16. The Labute approximate surface area is 167 Å². The van der Waals surface area contributed by atoms with Gasteiger partial charge in [0.2, 0.25) is 0 Å². The number of nitrogens with zero attached hydrogens (tertiary/aromatic N) is 1. The molecule has 1 amide bonds. The largest absolute Gasteiger partial charge is 0.389 e. The van der Waals surface area contributed by atoms with E-state index < -0.39 is 17.8 Å². The first kappa shape index (κ1) is 19.2. The third-order valence-electron chi connectivity index (χ3n) is 3.89. The van der Waals surface area contributed by atoms with Crippen molar-refractivity contribution in [2.75, 3.05) is 18.5 Å². The van der Waals surface area contributed by atoms with Crippen LogP contribution in [0.4, 0.5) is 15.1 Å². The number of β-amino-alcohol motifs (C(OH)–C–C–N with tert-alkyl or cyclic N) is 1. The molecule has 1 fully saturated rings. The lowest BCUT2D eigenvalue weighted by atomic mass is 10.1. The van der Waals surface area contributed by atoms with Crippen molar-refractivity contribution in [3.8, 4) is 0 Å². The van der Waals surface area contributed by atoms with E-state index in [1.807, 2.05) is 22.6 Å². The number of Topliss-reactive ketones (excluding diaryl/α,β-unsaturated/α-hetero) is 1. The molecule has 1 aliphatic heterocycles. The van der Waals surface area contributed by atoms with Gasteiger partial charge in [0.05, 0.1) is 22.7 Å². The molecule has 9 heteroatoms. The standard InChI is InChI=1S/C17H16FIN2O4S/c1-8-14(17(24)21-6-11(23)7-25-21)16(26-15(8)9(2)22)20-13-4-3-10(19)5-12(13)18/h3-5,11,20,23H,6-7H2,1-2H3/t11-/m1/s1. The second-order valence-corrected chi connectivity index (χ2v) is 8.15. The Hall–Kier alpha value is -1.56. The number of carbonyl (C=O) groups is 2. The fraction of sp³-hybridized carbons (Fsp3) is 0.294. The monoisotopic (exact) mass is 490 g/mol. The van der Waals surface area contributed by atoms with Crippen LogP contribution in [0.25, 0.3) is 0 Å². The van der Waals surface area contributed by atoms with Crippen LogP contribution >= 0.6 is 33.9 Å². The zero-order valence-corrected chi connectivity index (χ0v) is 17.0. The molecule has 1 saturated heterocycles. The highest BCUT2D eigenvalue weighted by Gasteiger charge is 2.32. The van der Waals surface area contributed by atoms with E-state index in [0.717, 1.165) is 20.0 Å². The average molecular weight is 490 g/mol. The van der Waals surface area contributed by atoms with Crippen LogP contribution in [0.5, 0.6) is 0 Å². The van der Waals surface area contributed by atoms with Crippen molar-refractivity contribution in [1.82, 2.24) is 5.06 Å². The van der Waals surface area contributed by atoms with E-state index in [4.69, 9.17) is 4.84 Å². The van der Waals surface area contributed by atoms with E-state index in [9.17, 15) is 19.1 Å². The fourth-order valence-electron chi connectivity index (χ4n) is 2.65. The van der Waals surface area contributed by atoms with E-state index in [-0.39, 0.29) is 30.2 Å². The van der Waals surface area contributed by atoms with Gasteiger partial charge < -0.3 is 10.4 Å². The maximum absolute atomic E-state index is 14.2. The van der Waals surface area contributed by atoms with E-state index in [1.165, 1.54) is 13.0 Å². The summed E-state index contributed by atoms with van der Waals surface area (Å²) in [5.41, 5.74) is 0.955. The van der Waals surface area contributed by atoms with Crippen LogP contribution in [-0.4, -0.2) is 41.1 Å². The molecular weight excluding hydrogens is 474 g/mol. The van der Waals surface area contributed by atoms with E-state index >= 15 is 0 Å². The Morgan fingerprint density at radius 2 is 2.19 bits per heavy atom. The minimum Gasteiger partial charge on any atom is -0.389 e. The number of amides is 1. The van der Waals surface area contributed by atoms with Gasteiger partial charge in [-0.15, -0.1) is 11.3 Å². The number of carbonyl (C=O) groups excluding carboxylic acids is 2. The number of thiophene rings is 1. The minimum absolute atomic E-state index is 0.0308. The molecule has 3 rings (SSSR count). The molecule has 6 nitrogen and oxygen atoms in total. The van der Waals surface area contributed by atoms with Crippen molar-refractivity contribution in [3.63, 3.8) is 0 Å². The number of aliphatic hydroxyl groups excluding tert-OH is 1. The lowest BCUT2D eigenvalue weighted by molar-refractivity contribution is -0.0779. The average Bonchev–Trinajstić information content (AvgIpc) is 3.13. The second kappa shape index (κ2) is 7.59. The molecule has 1 aromatic heterocycles. The summed E-state index contributed by atoms with van der Waals surface area (Å²) in [6.45, 7) is 3.16. The Bertz CT molecular complexity index is 886. The third-order valence-corrected chi connectivity index (χ3v) is 5.86. The highest BCUT2D eigenvalue weighted by Crippen LogP contribution is 2.37. The van der Waals surface area contributed by atoms with Gasteiger partial charge in [-0.05, 0) is 60.2 Å². The van der Waals surface area contributed by atoms with Crippen LogP contribution in [0.2, 0.25) is 0 Å². The van der Waals surface area contributed by atoms with Crippen LogP contribution in [0, 0.1) is 16.3 Å². The summed E-state index contributed by atoms with van der Waals surface area (Å²) in [7, 11) is 0. The van der Waals surface area contributed by atoms with E-state index in [2.05, 4.69) is 5.32 Å². The molecule has 138 valence electrons. The molecule has 1 aromatic carbocycles. The molecule has 0 bridgehead atoms. The Kier molecular flexibility index (Phi) is 5.61. The molecule has 0 aliphatic carbocycles. The predicted molar refractivity (Wildman–Crippen MR) is 104 cm³/mol. The number of benzene rings is 1. The molecule has 0 unspecified atom stereocenters. The van der Waals surface area contributed by atoms with Gasteiger partial charge in [-0.25, -0.2) is 9.45 Å². The number of ketones is 1. The first-order valence-corrected chi connectivity index (χ1v) is 9.66. The van der Waals surface area contributed by atoms with Gasteiger partial charge in [-0.3, -0.25) is 14.4 Å². The third kappa shape index (κ3) is 3.75. The first-order chi connectivity index (χ1) is 12.3. The molecule has 26 heavy (non-hydrogen) atoms. The summed E-state index contributed by atoms with van der Waals surface area (Å²) in [5, 5.41) is 13.9. The van der Waals surface area contributed by atoms with Crippen LogP contribution in [-0.2, 0) is 4.84 Å². The zero-order chi connectivity index (χ0) is 19.0. The Morgan fingerprint density at radius 1 is 1.46 bits per heavy atom. The highest BCUT2D eigenvalue weighted by molar-refractivity contribution is 14.1. The molecule has 0 radical (unpaired) electrons. The number of anilines is 2. The summed E-state index contributed by atoms with van der Waals surface area (Å²) >= 11 is 3.10. The fourth-order valence-corrected chi connectivity index (χ4v) is 4.21. The van der Waals surface area contributed by atoms with Gasteiger partial charge in [0.1, 0.15) is 23.5 Å². The summed E-state index contributed by atoms with van der Waals surface area (Å²) in [6, 6.07) is 4.68. The van der Waals surface area contributed by atoms with Crippen molar-refractivity contribution in [3.05, 3.63) is 43.6 Å². The number of nitrogens with one attached hydrogen (secondary N) is 1. The van der Waals surface area contributed by atoms with Gasteiger partial charge in [-0.1, -0.05) is 0 Å². The quantitative estimate of drug-likeness (QED) is 0.507. The van der Waals surface area contributed by atoms with Crippen molar-refractivity contribution in [2.24, 2.45) is 0 Å². The Balaban J connectivity index is 2.02. The van der Waals surface area contributed by atoms with Gasteiger partial charge in [0.15, 0.2) is 5.78 Å². The smallest absolute Gasteiger partial charge is 0.280 e. The second-order valence-electron chi connectivity index (χ2n) is 5.88. The van der Waals surface area contributed by atoms with Crippen LogP contribution < -0.4 is 5.32 Å². The maximum Gasteiger partial charge on any atom is 0.280 e. The van der Waals surface area contributed by atoms with Gasteiger partial charge in [-0.2, -0.15) is 0 Å². The number of rotatable bonds is 4. The van der Waals surface area contributed by atoms with Gasteiger partial charge >= 0.3 is 0 Å². The molecule has 2 N–H and O–H groups in total. The van der Waals surface area contributed by atoms with Crippen LogP contribution in [0.15, 0.2) is 18.2 Å². The van der Waals surface area contributed by atoms with E-state index in [1.54, 1.807) is 19.1 Å². The molecule has 2 aromatic rings. The van der Waals surface area contributed by atoms with E-state index in [0.29, 0.717) is 15.4 Å². The summed E-state index contributed by atoms with van der Waals surface area (Å²) in [5.74, 6) is -1.12. The SMILES string of the molecule is CC(=O)c1sc(Nc2ccc(I)cc2F)c(C(=O)N2C[C@@H](O)CO2)c1C. The van der Waals surface area contributed by atoms with Gasteiger partial charge in [0.25, 0.3) is 5.91 Å². The topological polar surface area (TPSA) is 78.9 Å². The lowest BCUT2D eigenvalue weighted by Crippen LogP contribution is -2.29. The predicted octanol–water partition coefficient (Wildman–Crippen LogP) is 3.49. The summed E-state index contributed by atoms with van der Waals surface area (Å²) in [4.78, 5) is 30.4. The molecule has 2 heterocycles. The molecular formula is C17H16FIN2O4S. The van der Waals surface area contributed by atoms with Crippen LogP contribution in [0.3, 0.4) is 0 Å². The summed E-state index contributed by atoms with van der Waals surface area (Å²) < 4.78 is 14.9. The molecule has 1 aliphatic rings. The molecule has 0 saturated carbocycles. The number of hydrogen-bond acceptors (Lipinski definition) is 6. The van der Waals surface area contributed by atoms with Crippen molar-refractivity contribution >= 4 is 56.3 Å². The first-order valence-electron chi connectivity index (χ1n) is 7.77. The maximum atomic E-state index is 14.2. The number of hydroxylamine groups is 2. The number of hydrogen-bond donors (Lipinski definition) is 2. The molecule has 0 spiro atoms. The van der Waals surface area contributed by atoms with Crippen molar-refractivity contribution < 1.29 is 23.9 Å². The zero-order valence-electron chi connectivity index (χ0n) is 14.0. The normalized spacial score (nSPS) is 16.8. The van der Waals surface area contributed by atoms with Crippen molar-refractivity contribution in [2.45, 2.75) is 20.0 Å². The number of halogens is 2. The summed E-state index contributed by atoms with van der Waals surface area (Å²) in [6.07, 6.45) is -0.754. The van der Waals surface area contributed by atoms with Gasteiger partial charge in [0, 0.05) is 3.57 Å². The number of aliphatic hydroxyl groups is 1. The highest BCUT2D eigenvalue weighted by atomic mass is 127. The van der Waals surface area contributed by atoms with Crippen molar-refractivity contribution in [1.29, 1.82) is 0 Å². The minimum atomic E-state index is -0.754. The Morgan fingerprint density at radius 3 is 2.77 bits per heavy atom. The molecule has 1 atom stereocenters.